The van der Waals surface area contributed by atoms with E-state index in [1.54, 1.807) is 13.2 Å². The van der Waals surface area contributed by atoms with Gasteiger partial charge in [-0.3, -0.25) is 0 Å². The Hall–Kier alpha value is -1.49. The summed E-state index contributed by atoms with van der Waals surface area (Å²) in [5, 5.41) is 3.19. The number of nitrogens with one attached hydrogen (secondary N) is 1. The lowest BCUT2D eigenvalue weighted by Gasteiger charge is -2.13. The molecule has 0 aliphatic rings. The van der Waals surface area contributed by atoms with Gasteiger partial charge >= 0.3 is 0 Å². The third-order valence-corrected chi connectivity index (χ3v) is 2.66. The standard InChI is InChI=1S/C14H23FN2O2/c1-3-7-19-14-10-13(12(16)9-11(14)15)17-6-4-5-8-18-2/h9-10,17H,3-8,16H2,1-2H3. The number of nitrogen functional groups attached to an aromatic ring is 1. The smallest absolute Gasteiger partial charge is 0.167 e. The minimum absolute atomic E-state index is 0.246. The van der Waals surface area contributed by atoms with Gasteiger partial charge < -0.3 is 20.5 Å². The molecule has 0 bridgehead atoms. The Morgan fingerprint density at radius 3 is 2.74 bits per heavy atom. The zero-order valence-electron chi connectivity index (χ0n) is 11.7. The fourth-order valence-electron chi connectivity index (χ4n) is 1.64. The van der Waals surface area contributed by atoms with E-state index in [9.17, 15) is 4.39 Å². The van der Waals surface area contributed by atoms with Crippen LogP contribution in [-0.4, -0.2) is 26.9 Å². The SMILES string of the molecule is CCCOc1cc(NCCCCOC)c(N)cc1F. The highest BCUT2D eigenvalue weighted by molar-refractivity contribution is 5.68. The third kappa shape index (κ3) is 5.34. The van der Waals surface area contributed by atoms with Gasteiger partial charge in [0.15, 0.2) is 11.6 Å². The number of unbranched alkanes of at least 4 members (excludes halogenated alkanes) is 1. The van der Waals surface area contributed by atoms with E-state index in [-0.39, 0.29) is 5.75 Å². The van der Waals surface area contributed by atoms with Crippen molar-refractivity contribution < 1.29 is 13.9 Å². The summed E-state index contributed by atoms with van der Waals surface area (Å²) in [7, 11) is 1.68. The summed E-state index contributed by atoms with van der Waals surface area (Å²) < 4.78 is 23.9. The first-order chi connectivity index (χ1) is 9.19. The van der Waals surface area contributed by atoms with Crippen molar-refractivity contribution in [3.63, 3.8) is 0 Å². The molecule has 108 valence electrons. The first-order valence-corrected chi connectivity index (χ1v) is 6.63. The summed E-state index contributed by atoms with van der Waals surface area (Å²) in [5.41, 5.74) is 6.89. The van der Waals surface area contributed by atoms with E-state index in [2.05, 4.69) is 5.32 Å². The maximum atomic E-state index is 13.6. The van der Waals surface area contributed by atoms with Crippen molar-refractivity contribution >= 4 is 11.4 Å². The van der Waals surface area contributed by atoms with Crippen molar-refractivity contribution in [2.24, 2.45) is 0 Å². The Bertz CT molecular complexity index is 386. The topological polar surface area (TPSA) is 56.5 Å². The summed E-state index contributed by atoms with van der Waals surface area (Å²) in [6.07, 6.45) is 2.78. The van der Waals surface area contributed by atoms with E-state index in [1.807, 2.05) is 6.92 Å². The van der Waals surface area contributed by atoms with Gasteiger partial charge in [-0.15, -0.1) is 0 Å². The number of halogens is 1. The molecule has 3 N–H and O–H groups in total. The minimum atomic E-state index is -0.420. The molecular formula is C14H23FN2O2. The van der Waals surface area contributed by atoms with Gasteiger partial charge in [0.1, 0.15) is 0 Å². The van der Waals surface area contributed by atoms with Crippen molar-refractivity contribution in [3.8, 4) is 5.75 Å². The molecule has 0 aliphatic carbocycles. The van der Waals surface area contributed by atoms with Gasteiger partial charge in [0, 0.05) is 32.4 Å². The first-order valence-electron chi connectivity index (χ1n) is 6.63. The minimum Gasteiger partial charge on any atom is -0.490 e. The van der Waals surface area contributed by atoms with Crippen molar-refractivity contribution in [2.45, 2.75) is 26.2 Å². The average molecular weight is 270 g/mol. The fourth-order valence-corrected chi connectivity index (χ4v) is 1.64. The van der Waals surface area contributed by atoms with Gasteiger partial charge in [0.05, 0.1) is 18.0 Å². The molecule has 19 heavy (non-hydrogen) atoms. The van der Waals surface area contributed by atoms with E-state index in [4.69, 9.17) is 15.2 Å². The monoisotopic (exact) mass is 270 g/mol. The molecule has 0 atom stereocenters. The average Bonchev–Trinajstić information content (AvgIpc) is 2.39. The lowest BCUT2D eigenvalue weighted by Crippen LogP contribution is -2.07. The Balaban J connectivity index is 2.56. The zero-order chi connectivity index (χ0) is 14.1. The van der Waals surface area contributed by atoms with Gasteiger partial charge in [0.25, 0.3) is 0 Å². The number of methoxy groups -OCH3 is 1. The fraction of sp³-hybridized carbons (Fsp3) is 0.571. The highest BCUT2D eigenvalue weighted by atomic mass is 19.1. The Morgan fingerprint density at radius 2 is 2.05 bits per heavy atom. The summed E-state index contributed by atoms with van der Waals surface area (Å²) in [4.78, 5) is 0. The van der Waals surface area contributed by atoms with Crippen molar-refractivity contribution in [1.29, 1.82) is 0 Å². The number of hydrogen-bond donors (Lipinski definition) is 2. The largest absolute Gasteiger partial charge is 0.490 e. The molecule has 1 rings (SSSR count). The van der Waals surface area contributed by atoms with Crippen LogP contribution in [0.1, 0.15) is 26.2 Å². The number of benzene rings is 1. The number of rotatable bonds is 9. The molecule has 4 nitrogen and oxygen atoms in total. The van der Waals surface area contributed by atoms with Crippen LogP contribution in [0.15, 0.2) is 12.1 Å². The van der Waals surface area contributed by atoms with E-state index >= 15 is 0 Å². The Kier molecular flexibility index (Phi) is 7.03. The molecule has 0 aliphatic heterocycles. The van der Waals surface area contributed by atoms with Crippen LogP contribution in [0, 0.1) is 5.82 Å². The normalized spacial score (nSPS) is 10.5. The van der Waals surface area contributed by atoms with Crippen molar-refractivity contribution in [1.82, 2.24) is 0 Å². The molecule has 5 heteroatoms. The zero-order valence-corrected chi connectivity index (χ0v) is 11.7. The van der Waals surface area contributed by atoms with Gasteiger partial charge in [-0.05, 0) is 19.3 Å². The van der Waals surface area contributed by atoms with Crippen LogP contribution in [0.2, 0.25) is 0 Å². The van der Waals surface area contributed by atoms with Gasteiger partial charge in [-0.2, -0.15) is 0 Å². The molecule has 1 aromatic rings. The van der Waals surface area contributed by atoms with Gasteiger partial charge in [-0.1, -0.05) is 6.92 Å². The molecule has 0 saturated heterocycles. The number of ether oxygens (including phenoxy) is 2. The molecule has 0 radical (unpaired) electrons. The van der Waals surface area contributed by atoms with Crippen LogP contribution >= 0.6 is 0 Å². The maximum Gasteiger partial charge on any atom is 0.167 e. The quantitative estimate of drug-likeness (QED) is 0.535. The second-order valence-electron chi connectivity index (χ2n) is 4.35. The molecule has 1 aromatic carbocycles. The lowest BCUT2D eigenvalue weighted by molar-refractivity contribution is 0.194. The van der Waals surface area contributed by atoms with E-state index < -0.39 is 5.82 Å². The predicted octanol–water partition coefficient (Wildman–Crippen LogP) is 3.04. The predicted molar refractivity (Wildman–Crippen MR) is 76.2 cm³/mol. The van der Waals surface area contributed by atoms with Crippen LogP contribution in [0.25, 0.3) is 0 Å². The summed E-state index contributed by atoms with van der Waals surface area (Å²) in [6.45, 7) is 3.98. The second kappa shape index (κ2) is 8.58. The Morgan fingerprint density at radius 1 is 1.26 bits per heavy atom. The molecule has 0 aromatic heterocycles. The number of anilines is 2. The molecule has 0 fully saturated rings. The maximum absolute atomic E-state index is 13.6. The van der Waals surface area contributed by atoms with E-state index in [0.717, 1.165) is 32.4 Å². The lowest BCUT2D eigenvalue weighted by atomic mass is 10.2. The van der Waals surface area contributed by atoms with E-state index in [1.165, 1.54) is 6.07 Å². The van der Waals surface area contributed by atoms with E-state index in [0.29, 0.717) is 18.0 Å². The van der Waals surface area contributed by atoms with Crippen LogP contribution in [0.3, 0.4) is 0 Å². The van der Waals surface area contributed by atoms with Crippen LogP contribution in [0.5, 0.6) is 5.75 Å². The summed E-state index contributed by atoms with van der Waals surface area (Å²) >= 11 is 0. The van der Waals surface area contributed by atoms with Crippen LogP contribution in [0.4, 0.5) is 15.8 Å². The number of nitrogens with two attached hydrogens (primary N) is 1. The Labute approximate surface area is 114 Å². The molecule has 0 unspecified atom stereocenters. The second-order valence-corrected chi connectivity index (χ2v) is 4.35. The van der Waals surface area contributed by atoms with Crippen molar-refractivity contribution in [3.05, 3.63) is 17.9 Å². The first kappa shape index (κ1) is 15.6. The number of hydrogen-bond acceptors (Lipinski definition) is 4. The highest BCUT2D eigenvalue weighted by Gasteiger charge is 2.08. The molecule has 0 heterocycles. The summed E-state index contributed by atoms with van der Waals surface area (Å²) in [6, 6.07) is 2.92. The van der Waals surface area contributed by atoms with Gasteiger partial charge in [-0.25, -0.2) is 4.39 Å². The third-order valence-electron chi connectivity index (χ3n) is 2.66. The molecule has 0 amide bonds. The van der Waals surface area contributed by atoms with Gasteiger partial charge in [0.2, 0.25) is 0 Å². The van der Waals surface area contributed by atoms with Crippen LogP contribution < -0.4 is 15.8 Å². The summed E-state index contributed by atoms with van der Waals surface area (Å²) in [5.74, 6) is -0.175. The molecular weight excluding hydrogens is 247 g/mol. The van der Waals surface area contributed by atoms with Crippen molar-refractivity contribution in [2.75, 3.05) is 37.9 Å². The molecule has 0 saturated carbocycles. The molecule has 0 spiro atoms. The van der Waals surface area contributed by atoms with Crippen LogP contribution in [-0.2, 0) is 4.74 Å². The highest BCUT2D eigenvalue weighted by Crippen LogP contribution is 2.28.